The number of aromatic nitrogens is 2. The van der Waals surface area contributed by atoms with Crippen LogP contribution in [0.2, 0.25) is 5.15 Å². The summed E-state index contributed by atoms with van der Waals surface area (Å²) >= 11 is 6.26. The summed E-state index contributed by atoms with van der Waals surface area (Å²) in [4.78, 5) is 14.0. The van der Waals surface area contributed by atoms with Gasteiger partial charge >= 0.3 is 0 Å². The number of carbonyl (C=O) groups is 1. The van der Waals surface area contributed by atoms with Crippen LogP contribution in [-0.2, 0) is 5.41 Å². The average Bonchev–Trinajstić information content (AvgIpc) is 2.39. The molecule has 6 nitrogen and oxygen atoms in total. The monoisotopic (exact) mass is 325 g/mol. The summed E-state index contributed by atoms with van der Waals surface area (Å²) in [6.07, 6.45) is 2.00. The van der Waals surface area contributed by atoms with E-state index >= 15 is 0 Å². The number of nitrogens with two attached hydrogens (primary N) is 1. The lowest BCUT2D eigenvalue weighted by atomic mass is 9.86. The first kappa shape index (κ1) is 17.0. The predicted molar refractivity (Wildman–Crippen MR) is 88.4 cm³/mol. The summed E-state index contributed by atoms with van der Waals surface area (Å²) in [5, 5.41) is 11.6. The number of hydrogen-bond donors (Lipinski definition) is 2. The van der Waals surface area contributed by atoms with E-state index in [-0.39, 0.29) is 17.2 Å². The molecule has 0 unspecified atom stereocenters. The van der Waals surface area contributed by atoms with Crippen LogP contribution in [0.3, 0.4) is 0 Å². The molecule has 0 aromatic carbocycles. The zero-order valence-electron chi connectivity index (χ0n) is 13.6. The van der Waals surface area contributed by atoms with Crippen LogP contribution in [0.15, 0.2) is 0 Å². The molecule has 0 bridgehead atoms. The van der Waals surface area contributed by atoms with Crippen molar-refractivity contribution in [3.05, 3.63) is 16.4 Å². The van der Waals surface area contributed by atoms with Gasteiger partial charge in [-0.05, 0) is 38.4 Å². The quantitative estimate of drug-likeness (QED) is 0.888. The van der Waals surface area contributed by atoms with Crippen molar-refractivity contribution < 1.29 is 4.79 Å². The fraction of sp³-hybridized carbons (Fsp3) is 0.667. The molecule has 0 atom stereocenters. The van der Waals surface area contributed by atoms with Gasteiger partial charge in [-0.3, -0.25) is 4.79 Å². The number of nitrogens with zero attached hydrogens (tertiary/aromatic N) is 3. The lowest BCUT2D eigenvalue weighted by Crippen LogP contribution is -2.38. The summed E-state index contributed by atoms with van der Waals surface area (Å²) in [6.45, 7) is 8.11. The summed E-state index contributed by atoms with van der Waals surface area (Å²) in [5.74, 6) is -0.593. The highest BCUT2D eigenvalue weighted by molar-refractivity contribution is 6.30. The molecular weight excluding hydrogens is 302 g/mol. The molecular formula is C15H24ClN5O. The molecule has 1 fully saturated rings. The first-order valence-corrected chi connectivity index (χ1v) is 7.89. The van der Waals surface area contributed by atoms with E-state index in [4.69, 9.17) is 17.3 Å². The van der Waals surface area contributed by atoms with Gasteiger partial charge in [-0.1, -0.05) is 32.4 Å². The van der Waals surface area contributed by atoms with Crippen LogP contribution in [0.4, 0.5) is 5.69 Å². The Morgan fingerprint density at radius 1 is 1.32 bits per heavy atom. The highest BCUT2D eigenvalue weighted by atomic mass is 35.5. The number of likely N-dealkylation sites (tertiary alicyclic amines) is 1. The molecule has 22 heavy (non-hydrogen) atoms. The highest BCUT2D eigenvalue weighted by Crippen LogP contribution is 2.36. The third kappa shape index (κ3) is 3.67. The maximum Gasteiger partial charge on any atom is 0.271 e. The summed E-state index contributed by atoms with van der Waals surface area (Å²) in [7, 11) is 2.11. The fourth-order valence-corrected chi connectivity index (χ4v) is 3.19. The Balaban J connectivity index is 2.42. The van der Waals surface area contributed by atoms with Crippen LogP contribution < -0.4 is 11.1 Å². The van der Waals surface area contributed by atoms with Gasteiger partial charge in [0, 0.05) is 11.6 Å². The first-order valence-electron chi connectivity index (χ1n) is 7.51. The lowest BCUT2D eigenvalue weighted by molar-refractivity contribution is 0.0995. The van der Waals surface area contributed by atoms with Crippen molar-refractivity contribution in [2.24, 2.45) is 5.73 Å². The van der Waals surface area contributed by atoms with Crippen molar-refractivity contribution >= 4 is 23.2 Å². The normalized spacial score (nSPS) is 17.5. The second kappa shape index (κ2) is 6.38. The minimum absolute atomic E-state index is 0.160. The van der Waals surface area contributed by atoms with Crippen molar-refractivity contribution in [1.29, 1.82) is 0 Å². The molecule has 3 N–H and O–H groups in total. The van der Waals surface area contributed by atoms with Crippen molar-refractivity contribution in [2.75, 3.05) is 25.5 Å². The van der Waals surface area contributed by atoms with Crippen molar-refractivity contribution in [1.82, 2.24) is 15.1 Å². The minimum atomic E-state index is -0.593. The number of rotatable bonds is 3. The maximum atomic E-state index is 11.7. The number of anilines is 1. The van der Waals surface area contributed by atoms with Gasteiger partial charge in [0.1, 0.15) is 0 Å². The average molecular weight is 326 g/mol. The summed E-state index contributed by atoms with van der Waals surface area (Å²) in [6, 6.07) is 0.274. The number of hydrogen-bond acceptors (Lipinski definition) is 5. The fourth-order valence-electron chi connectivity index (χ4n) is 2.77. The van der Waals surface area contributed by atoms with Crippen LogP contribution in [0.1, 0.15) is 49.7 Å². The van der Waals surface area contributed by atoms with E-state index in [1.807, 2.05) is 20.8 Å². The van der Waals surface area contributed by atoms with E-state index in [1.165, 1.54) is 0 Å². The molecule has 1 aliphatic rings. The van der Waals surface area contributed by atoms with Crippen molar-refractivity contribution in [2.45, 2.75) is 45.1 Å². The lowest BCUT2D eigenvalue weighted by Gasteiger charge is -2.32. The number of halogens is 1. The first-order chi connectivity index (χ1) is 10.2. The maximum absolute atomic E-state index is 11.7. The largest absolute Gasteiger partial charge is 0.380 e. The van der Waals surface area contributed by atoms with Gasteiger partial charge < -0.3 is 16.0 Å². The standard InChI is InChI=1S/C15H24ClN5O/c1-15(2,3)10-11(12(14(17)22)19-20-13(10)16)18-9-5-7-21(4)8-6-9/h9H,5-8H2,1-4H3,(H2,17,22)(H,18,20). The van der Waals surface area contributed by atoms with E-state index in [0.29, 0.717) is 10.8 Å². The zero-order valence-corrected chi connectivity index (χ0v) is 14.4. The summed E-state index contributed by atoms with van der Waals surface area (Å²) in [5.41, 5.74) is 6.78. The molecule has 1 aromatic heterocycles. The molecule has 7 heteroatoms. The van der Waals surface area contributed by atoms with Gasteiger partial charge in [0.05, 0.1) is 5.69 Å². The van der Waals surface area contributed by atoms with E-state index in [9.17, 15) is 4.79 Å². The predicted octanol–water partition coefficient (Wildman–Crippen LogP) is 2.03. The molecule has 2 rings (SSSR count). The second-order valence-corrected chi connectivity index (χ2v) is 7.28. The molecule has 122 valence electrons. The Bertz CT molecular complexity index is 562. The Hall–Kier alpha value is -1.40. The number of nitrogens with one attached hydrogen (secondary N) is 1. The van der Waals surface area contributed by atoms with E-state index in [1.54, 1.807) is 0 Å². The van der Waals surface area contributed by atoms with E-state index in [0.717, 1.165) is 31.5 Å². The molecule has 1 saturated heterocycles. The molecule has 0 radical (unpaired) electrons. The number of carbonyl (C=O) groups excluding carboxylic acids is 1. The summed E-state index contributed by atoms with van der Waals surface area (Å²) < 4.78 is 0. The highest BCUT2D eigenvalue weighted by Gasteiger charge is 2.29. The van der Waals surface area contributed by atoms with Gasteiger partial charge in [-0.15, -0.1) is 10.2 Å². The molecule has 0 saturated carbocycles. The van der Waals surface area contributed by atoms with E-state index in [2.05, 4.69) is 27.5 Å². The third-order valence-electron chi connectivity index (χ3n) is 3.98. The van der Waals surface area contributed by atoms with Crippen LogP contribution in [-0.4, -0.2) is 47.2 Å². The van der Waals surface area contributed by atoms with Crippen LogP contribution in [0.5, 0.6) is 0 Å². The van der Waals surface area contributed by atoms with Crippen LogP contribution >= 0.6 is 11.6 Å². The van der Waals surface area contributed by atoms with Gasteiger partial charge in [-0.25, -0.2) is 0 Å². The minimum Gasteiger partial charge on any atom is -0.380 e. The Kier molecular flexibility index (Phi) is 4.92. The Labute approximate surface area is 136 Å². The van der Waals surface area contributed by atoms with E-state index < -0.39 is 5.91 Å². The van der Waals surface area contributed by atoms with Gasteiger partial charge in [-0.2, -0.15) is 0 Å². The third-order valence-corrected chi connectivity index (χ3v) is 4.25. The number of amides is 1. The van der Waals surface area contributed by atoms with Crippen molar-refractivity contribution in [3.63, 3.8) is 0 Å². The SMILES string of the molecule is CN1CCC(Nc2c(C(N)=O)nnc(Cl)c2C(C)(C)C)CC1. The molecule has 0 aliphatic carbocycles. The smallest absolute Gasteiger partial charge is 0.271 e. The Morgan fingerprint density at radius 3 is 2.41 bits per heavy atom. The van der Waals surface area contributed by atoms with Crippen LogP contribution in [0, 0.1) is 0 Å². The zero-order chi connectivity index (χ0) is 16.5. The topological polar surface area (TPSA) is 84.1 Å². The molecule has 2 heterocycles. The number of piperidine rings is 1. The van der Waals surface area contributed by atoms with Crippen LogP contribution in [0.25, 0.3) is 0 Å². The molecule has 1 amide bonds. The number of primary amides is 1. The second-order valence-electron chi connectivity index (χ2n) is 6.93. The molecule has 0 spiro atoms. The van der Waals surface area contributed by atoms with Gasteiger partial charge in [0.25, 0.3) is 5.91 Å². The Morgan fingerprint density at radius 2 is 1.91 bits per heavy atom. The van der Waals surface area contributed by atoms with Gasteiger partial charge in [0.2, 0.25) is 0 Å². The molecule has 1 aliphatic heterocycles. The molecule has 1 aromatic rings. The van der Waals surface area contributed by atoms with Crippen molar-refractivity contribution in [3.8, 4) is 0 Å². The van der Waals surface area contributed by atoms with Gasteiger partial charge in [0.15, 0.2) is 10.8 Å².